The van der Waals surface area contributed by atoms with Crippen molar-refractivity contribution in [2.75, 3.05) is 0 Å². The minimum Gasteiger partial charge on any atom is -0.481 e. The number of rotatable bonds is 4. The number of benzene rings is 1. The first-order valence-electron chi connectivity index (χ1n) is 5.38. The fraction of sp³-hybridized carbons (Fsp3) is 0.231. The number of oxazole rings is 1. The average molecular weight is 231 g/mol. The second kappa shape index (κ2) is 4.82. The van der Waals surface area contributed by atoms with Crippen molar-refractivity contribution in [2.24, 2.45) is 0 Å². The molecule has 0 saturated heterocycles. The summed E-state index contributed by atoms with van der Waals surface area (Å²) in [6.45, 7) is 2.00. The molecule has 1 aromatic heterocycles. The minimum atomic E-state index is -0.829. The van der Waals surface area contributed by atoms with E-state index < -0.39 is 5.97 Å². The van der Waals surface area contributed by atoms with Crippen LogP contribution in [-0.2, 0) is 11.2 Å². The van der Waals surface area contributed by atoms with Gasteiger partial charge in [-0.15, -0.1) is 0 Å². The smallest absolute Gasteiger partial charge is 0.303 e. The molecule has 0 spiro atoms. The van der Waals surface area contributed by atoms with Crippen LogP contribution in [0.2, 0.25) is 0 Å². The number of carboxylic acids is 1. The van der Waals surface area contributed by atoms with E-state index in [0.29, 0.717) is 18.0 Å². The van der Waals surface area contributed by atoms with Crippen molar-refractivity contribution in [3.8, 4) is 11.5 Å². The SMILES string of the molecule is Cc1cccc(-c2nc(CCC(=O)O)co2)c1. The maximum absolute atomic E-state index is 10.4. The van der Waals surface area contributed by atoms with Crippen LogP contribution in [0.5, 0.6) is 0 Å². The zero-order valence-electron chi connectivity index (χ0n) is 9.51. The summed E-state index contributed by atoms with van der Waals surface area (Å²) in [6, 6.07) is 7.83. The molecule has 0 bridgehead atoms. The summed E-state index contributed by atoms with van der Waals surface area (Å²) < 4.78 is 5.33. The highest BCUT2D eigenvalue weighted by Gasteiger charge is 2.08. The van der Waals surface area contributed by atoms with E-state index in [-0.39, 0.29) is 6.42 Å². The molecule has 1 N–H and O–H groups in total. The highest BCUT2D eigenvalue weighted by Crippen LogP contribution is 2.20. The molecule has 2 aromatic rings. The monoisotopic (exact) mass is 231 g/mol. The molecule has 0 aliphatic heterocycles. The third kappa shape index (κ3) is 2.93. The number of aliphatic carboxylic acids is 1. The number of hydrogen-bond donors (Lipinski definition) is 1. The first-order chi connectivity index (χ1) is 8.15. The van der Waals surface area contributed by atoms with Gasteiger partial charge in [-0.05, 0) is 19.1 Å². The van der Waals surface area contributed by atoms with Crippen molar-refractivity contribution >= 4 is 5.97 Å². The van der Waals surface area contributed by atoms with Crippen LogP contribution in [0.1, 0.15) is 17.7 Å². The second-order valence-corrected chi connectivity index (χ2v) is 3.91. The van der Waals surface area contributed by atoms with Gasteiger partial charge in [0.2, 0.25) is 5.89 Å². The van der Waals surface area contributed by atoms with Crippen LogP contribution in [0.3, 0.4) is 0 Å². The maximum Gasteiger partial charge on any atom is 0.303 e. The average Bonchev–Trinajstić information content (AvgIpc) is 2.75. The third-order valence-corrected chi connectivity index (χ3v) is 2.41. The Balaban J connectivity index is 2.15. The lowest BCUT2D eigenvalue weighted by Gasteiger charge is -1.96. The van der Waals surface area contributed by atoms with Gasteiger partial charge in [-0.25, -0.2) is 4.98 Å². The number of hydrogen-bond acceptors (Lipinski definition) is 3. The molecule has 0 unspecified atom stereocenters. The van der Waals surface area contributed by atoms with Gasteiger partial charge < -0.3 is 9.52 Å². The van der Waals surface area contributed by atoms with Crippen molar-refractivity contribution < 1.29 is 14.3 Å². The maximum atomic E-state index is 10.4. The molecule has 2 rings (SSSR count). The Kier molecular flexibility index (Phi) is 3.23. The van der Waals surface area contributed by atoms with Gasteiger partial charge in [-0.3, -0.25) is 4.79 Å². The Labute approximate surface area is 98.9 Å². The molecule has 0 saturated carbocycles. The van der Waals surface area contributed by atoms with Crippen LogP contribution in [0, 0.1) is 6.92 Å². The number of nitrogens with zero attached hydrogens (tertiary/aromatic N) is 1. The number of carboxylic acid groups (broad SMARTS) is 1. The lowest BCUT2D eigenvalue weighted by molar-refractivity contribution is -0.136. The molecule has 1 heterocycles. The third-order valence-electron chi connectivity index (χ3n) is 2.41. The first-order valence-corrected chi connectivity index (χ1v) is 5.38. The van der Waals surface area contributed by atoms with Crippen LogP contribution in [-0.4, -0.2) is 16.1 Å². The van der Waals surface area contributed by atoms with Gasteiger partial charge in [0.1, 0.15) is 6.26 Å². The number of carbonyl (C=O) groups is 1. The van der Waals surface area contributed by atoms with Crippen molar-refractivity contribution in [1.29, 1.82) is 0 Å². The van der Waals surface area contributed by atoms with E-state index in [2.05, 4.69) is 4.98 Å². The quantitative estimate of drug-likeness (QED) is 0.878. The Hall–Kier alpha value is -2.10. The standard InChI is InChI=1S/C13H13NO3/c1-9-3-2-4-10(7-9)13-14-11(8-17-13)5-6-12(15)16/h2-4,7-8H,5-6H2,1H3,(H,15,16). The Bertz CT molecular complexity index is 531. The second-order valence-electron chi connectivity index (χ2n) is 3.91. The Morgan fingerprint density at radius 3 is 3.00 bits per heavy atom. The van der Waals surface area contributed by atoms with Gasteiger partial charge in [0, 0.05) is 12.0 Å². The highest BCUT2D eigenvalue weighted by atomic mass is 16.4. The van der Waals surface area contributed by atoms with Crippen molar-refractivity contribution in [1.82, 2.24) is 4.98 Å². The van der Waals surface area contributed by atoms with E-state index in [1.54, 1.807) is 0 Å². The fourth-order valence-electron chi connectivity index (χ4n) is 1.57. The Morgan fingerprint density at radius 1 is 1.47 bits per heavy atom. The number of aryl methyl sites for hydroxylation is 2. The molecule has 0 aliphatic rings. The summed E-state index contributed by atoms with van der Waals surface area (Å²) in [5.74, 6) is -0.292. The normalized spacial score (nSPS) is 10.4. The van der Waals surface area contributed by atoms with E-state index in [1.807, 2.05) is 31.2 Å². The van der Waals surface area contributed by atoms with Gasteiger partial charge in [0.25, 0.3) is 0 Å². The summed E-state index contributed by atoms with van der Waals surface area (Å²) in [5.41, 5.74) is 2.71. The molecule has 0 radical (unpaired) electrons. The lowest BCUT2D eigenvalue weighted by Crippen LogP contribution is -1.97. The predicted octanol–water partition coefficient (Wildman–Crippen LogP) is 2.67. The molecule has 0 aliphatic carbocycles. The van der Waals surface area contributed by atoms with Crippen LogP contribution >= 0.6 is 0 Å². The van der Waals surface area contributed by atoms with Crippen molar-refractivity contribution in [3.05, 3.63) is 41.8 Å². The zero-order valence-corrected chi connectivity index (χ0v) is 9.51. The van der Waals surface area contributed by atoms with E-state index in [9.17, 15) is 4.79 Å². The Morgan fingerprint density at radius 2 is 2.29 bits per heavy atom. The molecule has 0 atom stereocenters. The molecule has 1 aromatic carbocycles. The largest absolute Gasteiger partial charge is 0.481 e. The molecule has 88 valence electrons. The van der Waals surface area contributed by atoms with Crippen molar-refractivity contribution in [2.45, 2.75) is 19.8 Å². The van der Waals surface area contributed by atoms with Crippen LogP contribution in [0.15, 0.2) is 34.9 Å². The van der Waals surface area contributed by atoms with E-state index >= 15 is 0 Å². The zero-order chi connectivity index (χ0) is 12.3. The van der Waals surface area contributed by atoms with E-state index in [1.165, 1.54) is 6.26 Å². The lowest BCUT2D eigenvalue weighted by atomic mass is 10.1. The molecule has 0 amide bonds. The van der Waals surface area contributed by atoms with E-state index in [4.69, 9.17) is 9.52 Å². The topological polar surface area (TPSA) is 63.3 Å². The minimum absolute atomic E-state index is 0.0692. The van der Waals surface area contributed by atoms with Crippen molar-refractivity contribution in [3.63, 3.8) is 0 Å². The van der Waals surface area contributed by atoms with Crippen LogP contribution in [0.4, 0.5) is 0 Å². The molecule has 4 nitrogen and oxygen atoms in total. The summed E-state index contributed by atoms with van der Waals surface area (Å²) in [6.07, 6.45) is 1.98. The van der Waals surface area contributed by atoms with E-state index in [0.717, 1.165) is 11.1 Å². The van der Waals surface area contributed by atoms with Gasteiger partial charge in [-0.1, -0.05) is 17.7 Å². The summed E-state index contributed by atoms with van der Waals surface area (Å²) in [7, 11) is 0. The molecule has 4 heteroatoms. The molecule has 17 heavy (non-hydrogen) atoms. The summed E-state index contributed by atoms with van der Waals surface area (Å²) in [5, 5.41) is 8.58. The van der Waals surface area contributed by atoms with Gasteiger partial charge in [0.05, 0.1) is 12.1 Å². The molecule has 0 fully saturated rings. The number of aromatic nitrogens is 1. The highest BCUT2D eigenvalue weighted by molar-refractivity contribution is 5.67. The summed E-state index contributed by atoms with van der Waals surface area (Å²) >= 11 is 0. The molecular weight excluding hydrogens is 218 g/mol. The fourth-order valence-corrected chi connectivity index (χ4v) is 1.57. The van der Waals surface area contributed by atoms with Gasteiger partial charge in [0.15, 0.2) is 0 Å². The predicted molar refractivity (Wildman–Crippen MR) is 62.6 cm³/mol. The van der Waals surface area contributed by atoms with Crippen LogP contribution < -0.4 is 0 Å². The summed E-state index contributed by atoms with van der Waals surface area (Å²) in [4.78, 5) is 14.7. The van der Waals surface area contributed by atoms with Crippen LogP contribution in [0.25, 0.3) is 11.5 Å². The first kappa shape index (κ1) is 11.4. The molecular formula is C13H13NO3. The van der Waals surface area contributed by atoms with Gasteiger partial charge >= 0.3 is 5.97 Å². The van der Waals surface area contributed by atoms with Gasteiger partial charge in [-0.2, -0.15) is 0 Å².